The average molecular weight is 316 g/mol. The van der Waals surface area contributed by atoms with Crippen molar-refractivity contribution >= 4 is 27.1 Å². The zero-order chi connectivity index (χ0) is 14.6. The van der Waals surface area contributed by atoms with Crippen molar-refractivity contribution in [2.75, 3.05) is 31.6 Å². The van der Waals surface area contributed by atoms with Gasteiger partial charge in [0, 0.05) is 37.5 Å². The van der Waals surface area contributed by atoms with Gasteiger partial charge in [-0.15, -0.1) is 11.3 Å². The molecular weight excluding hydrogens is 296 g/mol. The smallest absolute Gasteiger partial charge is 0.223 e. The van der Waals surface area contributed by atoms with Crippen LogP contribution in [0, 0.1) is 0 Å². The molecule has 2 heterocycles. The first-order valence-electron chi connectivity index (χ1n) is 6.66. The Morgan fingerprint density at radius 1 is 1.55 bits per heavy atom. The molecule has 0 aromatic carbocycles. The lowest BCUT2D eigenvalue weighted by atomic mass is 10.2. The van der Waals surface area contributed by atoms with E-state index in [0.29, 0.717) is 13.1 Å². The first-order valence-corrected chi connectivity index (χ1v) is 9.36. The lowest BCUT2D eigenvalue weighted by Crippen LogP contribution is -2.47. The van der Waals surface area contributed by atoms with Gasteiger partial charge >= 0.3 is 0 Å². The topological polar surface area (TPSA) is 66.5 Å². The van der Waals surface area contributed by atoms with Gasteiger partial charge in [0.15, 0.2) is 9.84 Å². The Bertz CT molecular complexity index is 540. The summed E-state index contributed by atoms with van der Waals surface area (Å²) < 4.78 is 23.1. The van der Waals surface area contributed by atoms with Gasteiger partial charge in [-0.05, 0) is 17.9 Å². The third-order valence-corrected chi connectivity index (χ3v) is 6.09. The maximum absolute atomic E-state index is 12.1. The van der Waals surface area contributed by atoms with E-state index in [1.807, 2.05) is 11.4 Å². The summed E-state index contributed by atoms with van der Waals surface area (Å²) in [6, 6.07) is 3.81. The molecule has 0 spiro atoms. The number of nitrogens with one attached hydrogen (secondary N) is 1. The van der Waals surface area contributed by atoms with Gasteiger partial charge in [0.2, 0.25) is 5.91 Å². The highest BCUT2D eigenvalue weighted by atomic mass is 32.2. The summed E-state index contributed by atoms with van der Waals surface area (Å²) >= 11 is 1.68. The number of hydrogen-bond donors (Lipinski definition) is 1. The van der Waals surface area contributed by atoms with Crippen LogP contribution >= 0.6 is 11.3 Å². The van der Waals surface area contributed by atoms with Crippen LogP contribution in [0.3, 0.4) is 0 Å². The summed E-state index contributed by atoms with van der Waals surface area (Å²) in [5.41, 5.74) is 0. The van der Waals surface area contributed by atoms with Crippen LogP contribution in [0.1, 0.15) is 11.3 Å². The van der Waals surface area contributed by atoms with E-state index in [1.165, 1.54) is 4.88 Å². The van der Waals surface area contributed by atoms with Gasteiger partial charge in [-0.25, -0.2) is 8.42 Å². The van der Waals surface area contributed by atoms with Crippen molar-refractivity contribution in [1.82, 2.24) is 10.2 Å². The molecule has 20 heavy (non-hydrogen) atoms. The molecule has 1 fully saturated rings. The predicted octanol–water partition coefficient (Wildman–Crippen LogP) is 0.526. The highest BCUT2D eigenvalue weighted by molar-refractivity contribution is 7.91. The maximum Gasteiger partial charge on any atom is 0.223 e. The fourth-order valence-electron chi connectivity index (χ4n) is 2.22. The molecule has 1 unspecified atom stereocenters. The lowest BCUT2D eigenvalue weighted by molar-refractivity contribution is -0.130. The molecule has 0 bridgehead atoms. The number of carbonyl (C=O) groups excluding carboxylic acids is 1. The molecule has 7 heteroatoms. The molecule has 0 saturated carbocycles. The minimum Gasteiger partial charge on any atom is -0.345 e. The maximum atomic E-state index is 12.1. The third kappa shape index (κ3) is 4.57. The quantitative estimate of drug-likeness (QED) is 0.860. The van der Waals surface area contributed by atoms with E-state index in [-0.39, 0.29) is 29.9 Å². The molecule has 1 atom stereocenters. The van der Waals surface area contributed by atoms with E-state index in [0.717, 1.165) is 6.42 Å². The van der Waals surface area contributed by atoms with Crippen LogP contribution in [0.15, 0.2) is 17.5 Å². The van der Waals surface area contributed by atoms with E-state index in [4.69, 9.17) is 0 Å². The summed E-state index contributed by atoms with van der Waals surface area (Å²) in [7, 11) is -1.21. The molecule has 1 N–H and O–H groups in total. The van der Waals surface area contributed by atoms with Gasteiger partial charge in [-0.1, -0.05) is 6.07 Å². The van der Waals surface area contributed by atoms with Gasteiger partial charge < -0.3 is 10.2 Å². The van der Waals surface area contributed by atoms with Crippen LogP contribution in [-0.2, 0) is 21.1 Å². The Morgan fingerprint density at radius 2 is 2.35 bits per heavy atom. The van der Waals surface area contributed by atoms with Crippen molar-refractivity contribution in [2.45, 2.75) is 18.9 Å². The molecule has 1 aromatic rings. The van der Waals surface area contributed by atoms with E-state index in [1.54, 1.807) is 23.3 Å². The number of sulfone groups is 1. The van der Waals surface area contributed by atoms with Crippen molar-refractivity contribution in [2.24, 2.45) is 0 Å². The minimum absolute atomic E-state index is 0.00356. The Balaban J connectivity index is 1.78. The molecule has 1 saturated heterocycles. The molecular formula is C13H20N2O3S2. The fraction of sp³-hybridized carbons (Fsp3) is 0.615. The van der Waals surface area contributed by atoms with Crippen molar-refractivity contribution in [3.05, 3.63) is 22.4 Å². The van der Waals surface area contributed by atoms with Gasteiger partial charge in [-0.2, -0.15) is 0 Å². The Hall–Kier alpha value is -0.920. The van der Waals surface area contributed by atoms with Crippen LogP contribution in [0.4, 0.5) is 0 Å². The molecule has 1 aromatic heterocycles. The van der Waals surface area contributed by atoms with E-state index in [2.05, 4.69) is 11.4 Å². The van der Waals surface area contributed by atoms with Crippen LogP contribution < -0.4 is 5.32 Å². The second-order valence-electron chi connectivity index (χ2n) is 5.11. The average Bonchev–Trinajstić information content (AvgIpc) is 2.87. The summed E-state index contributed by atoms with van der Waals surface area (Å²) in [6.07, 6.45) is 1.09. The second kappa shape index (κ2) is 6.69. The molecule has 1 amide bonds. The van der Waals surface area contributed by atoms with Crippen LogP contribution in [0.2, 0.25) is 0 Å². The molecule has 1 aliphatic heterocycles. The first-order chi connectivity index (χ1) is 9.46. The second-order valence-corrected chi connectivity index (χ2v) is 8.38. The van der Waals surface area contributed by atoms with Crippen LogP contribution in [0.5, 0.6) is 0 Å². The predicted molar refractivity (Wildman–Crippen MR) is 80.7 cm³/mol. The van der Waals surface area contributed by atoms with E-state index < -0.39 is 9.84 Å². The monoisotopic (exact) mass is 316 g/mol. The van der Waals surface area contributed by atoms with E-state index >= 15 is 0 Å². The molecule has 112 valence electrons. The normalized spacial score (nSPS) is 21.6. The third-order valence-electron chi connectivity index (χ3n) is 3.42. The first kappa shape index (κ1) is 15.5. The number of hydrogen-bond acceptors (Lipinski definition) is 5. The lowest BCUT2D eigenvalue weighted by Gasteiger charge is -2.25. The number of rotatable bonds is 5. The zero-order valence-electron chi connectivity index (χ0n) is 11.5. The van der Waals surface area contributed by atoms with Gasteiger partial charge in [0.05, 0.1) is 11.5 Å². The highest BCUT2D eigenvalue weighted by Crippen LogP contribution is 2.11. The number of amides is 1. The molecule has 0 aliphatic carbocycles. The van der Waals surface area contributed by atoms with Crippen molar-refractivity contribution < 1.29 is 13.2 Å². The Labute approximate surface area is 123 Å². The SMILES string of the molecule is CN(CCc1cccs1)C(=O)CC1CS(=O)(=O)CCN1. The fourth-order valence-corrected chi connectivity index (χ4v) is 4.36. The largest absolute Gasteiger partial charge is 0.345 e. The Morgan fingerprint density at radius 3 is 3.00 bits per heavy atom. The molecule has 2 rings (SSSR count). The number of thiophene rings is 1. The number of likely N-dealkylation sites (N-methyl/N-ethyl adjacent to an activating group) is 1. The summed E-state index contributed by atoms with van der Waals surface area (Å²) in [6.45, 7) is 1.11. The number of carbonyl (C=O) groups is 1. The molecule has 5 nitrogen and oxygen atoms in total. The van der Waals surface area contributed by atoms with Crippen LogP contribution in [-0.4, -0.2) is 56.9 Å². The van der Waals surface area contributed by atoms with Crippen molar-refractivity contribution in [1.29, 1.82) is 0 Å². The molecule has 1 aliphatic rings. The van der Waals surface area contributed by atoms with Crippen molar-refractivity contribution in [3.8, 4) is 0 Å². The van der Waals surface area contributed by atoms with Crippen molar-refractivity contribution in [3.63, 3.8) is 0 Å². The summed E-state index contributed by atoms with van der Waals surface area (Å²) in [5.74, 6) is 0.236. The highest BCUT2D eigenvalue weighted by Gasteiger charge is 2.26. The van der Waals surface area contributed by atoms with Gasteiger partial charge in [0.25, 0.3) is 0 Å². The standard InChI is InChI=1S/C13H20N2O3S2/c1-15(6-4-12-3-2-7-19-12)13(16)9-11-10-20(17,18)8-5-14-11/h2-3,7,11,14H,4-6,8-10H2,1H3. The summed E-state index contributed by atoms with van der Waals surface area (Å²) in [4.78, 5) is 15.0. The Kier molecular flexibility index (Phi) is 5.17. The van der Waals surface area contributed by atoms with Crippen LogP contribution in [0.25, 0.3) is 0 Å². The van der Waals surface area contributed by atoms with Gasteiger partial charge in [-0.3, -0.25) is 4.79 Å². The number of nitrogens with zero attached hydrogens (tertiary/aromatic N) is 1. The summed E-state index contributed by atoms with van der Waals surface area (Å²) in [5, 5.41) is 5.13. The molecule has 0 radical (unpaired) electrons. The van der Waals surface area contributed by atoms with E-state index in [9.17, 15) is 13.2 Å². The van der Waals surface area contributed by atoms with Gasteiger partial charge in [0.1, 0.15) is 0 Å². The zero-order valence-corrected chi connectivity index (χ0v) is 13.2. The minimum atomic E-state index is -2.98.